The van der Waals surface area contributed by atoms with Crippen molar-refractivity contribution in [1.29, 1.82) is 0 Å². The summed E-state index contributed by atoms with van der Waals surface area (Å²) < 4.78 is 0. The van der Waals surface area contributed by atoms with E-state index in [2.05, 4.69) is 48.1 Å². The van der Waals surface area contributed by atoms with Gasteiger partial charge in [0.05, 0.1) is 18.1 Å². The van der Waals surface area contributed by atoms with E-state index in [9.17, 15) is 0 Å². The van der Waals surface area contributed by atoms with Crippen molar-refractivity contribution in [3.63, 3.8) is 0 Å². The maximum absolute atomic E-state index is 5.49. The van der Waals surface area contributed by atoms with Crippen molar-refractivity contribution in [3.05, 3.63) is 47.9 Å². The van der Waals surface area contributed by atoms with Gasteiger partial charge in [-0.3, -0.25) is 4.98 Å². The highest BCUT2D eigenvalue weighted by Gasteiger charge is 2.02. The Bertz CT molecular complexity index is 491. The van der Waals surface area contributed by atoms with E-state index in [0.29, 0.717) is 12.5 Å². The standard InChI is InChI=1S/C14H17N3S/c1-10(2)11-3-5-13(6-4-11)18-14-9-16-12(7-15)8-17-14/h3-6,8-10H,7,15H2,1-2H3. The van der Waals surface area contributed by atoms with E-state index >= 15 is 0 Å². The summed E-state index contributed by atoms with van der Waals surface area (Å²) in [7, 11) is 0. The van der Waals surface area contributed by atoms with E-state index in [1.54, 1.807) is 24.2 Å². The minimum Gasteiger partial charge on any atom is -0.325 e. The van der Waals surface area contributed by atoms with E-state index in [1.165, 1.54) is 10.5 Å². The highest BCUT2D eigenvalue weighted by Crippen LogP contribution is 2.26. The van der Waals surface area contributed by atoms with Crippen LogP contribution in [0.25, 0.3) is 0 Å². The third-order valence-corrected chi connectivity index (χ3v) is 3.59. The molecule has 1 aromatic carbocycles. The second kappa shape index (κ2) is 5.98. The summed E-state index contributed by atoms with van der Waals surface area (Å²) in [6.45, 7) is 4.82. The molecule has 0 saturated carbocycles. The van der Waals surface area contributed by atoms with Gasteiger partial charge in [-0.2, -0.15) is 0 Å². The Morgan fingerprint density at radius 2 is 1.83 bits per heavy atom. The van der Waals surface area contributed by atoms with Crippen LogP contribution in [0.1, 0.15) is 31.0 Å². The summed E-state index contributed by atoms with van der Waals surface area (Å²) in [6, 6.07) is 8.57. The predicted molar refractivity (Wildman–Crippen MR) is 74.6 cm³/mol. The summed E-state index contributed by atoms with van der Waals surface area (Å²) in [5.41, 5.74) is 7.65. The fourth-order valence-corrected chi connectivity index (χ4v) is 2.27. The van der Waals surface area contributed by atoms with Crippen LogP contribution in [0.15, 0.2) is 46.6 Å². The number of benzene rings is 1. The third-order valence-electron chi connectivity index (χ3n) is 2.66. The molecule has 0 aliphatic rings. The first kappa shape index (κ1) is 13.1. The minimum atomic E-state index is 0.432. The van der Waals surface area contributed by atoms with E-state index in [1.807, 2.05) is 0 Å². The van der Waals surface area contributed by atoms with Gasteiger partial charge in [0, 0.05) is 11.4 Å². The molecule has 4 heteroatoms. The van der Waals surface area contributed by atoms with Crippen LogP contribution >= 0.6 is 11.8 Å². The van der Waals surface area contributed by atoms with Gasteiger partial charge in [0.15, 0.2) is 0 Å². The largest absolute Gasteiger partial charge is 0.325 e. The van der Waals surface area contributed by atoms with Crippen LogP contribution in [0.4, 0.5) is 0 Å². The summed E-state index contributed by atoms with van der Waals surface area (Å²) in [5, 5.41) is 0.893. The van der Waals surface area contributed by atoms with Gasteiger partial charge in [-0.05, 0) is 23.6 Å². The zero-order valence-electron chi connectivity index (χ0n) is 10.6. The average molecular weight is 259 g/mol. The Hall–Kier alpha value is -1.39. The molecular weight excluding hydrogens is 242 g/mol. The van der Waals surface area contributed by atoms with Gasteiger partial charge in [-0.15, -0.1) is 0 Å². The van der Waals surface area contributed by atoms with Gasteiger partial charge in [-0.25, -0.2) is 4.98 Å². The second-order valence-electron chi connectivity index (χ2n) is 4.38. The Balaban J connectivity index is 2.08. The Morgan fingerprint density at radius 1 is 1.11 bits per heavy atom. The van der Waals surface area contributed by atoms with Crippen molar-refractivity contribution >= 4 is 11.8 Å². The van der Waals surface area contributed by atoms with Gasteiger partial charge in [0.25, 0.3) is 0 Å². The van der Waals surface area contributed by atoms with Crippen molar-refractivity contribution < 1.29 is 0 Å². The van der Waals surface area contributed by atoms with Crippen molar-refractivity contribution in [2.45, 2.75) is 36.2 Å². The lowest BCUT2D eigenvalue weighted by Crippen LogP contribution is -1.99. The number of aromatic nitrogens is 2. The zero-order chi connectivity index (χ0) is 13.0. The lowest BCUT2D eigenvalue weighted by molar-refractivity contribution is 0.864. The number of nitrogens with zero attached hydrogens (tertiary/aromatic N) is 2. The van der Waals surface area contributed by atoms with E-state index in [-0.39, 0.29) is 0 Å². The molecule has 0 amide bonds. The van der Waals surface area contributed by atoms with Gasteiger partial charge >= 0.3 is 0 Å². The van der Waals surface area contributed by atoms with Gasteiger partial charge in [-0.1, -0.05) is 37.7 Å². The van der Waals surface area contributed by atoms with Gasteiger partial charge in [0.1, 0.15) is 5.03 Å². The zero-order valence-corrected chi connectivity index (χ0v) is 11.4. The number of rotatable bonds is 4. The molecule has 0 spiro atoms. The molecule has 1 aromatic heterocycles. The SMILES string of the molecule is CC(C)c1ccc(Sc2cnc(CN)cn2)cc1. The highest BCUT2D eigenvalue weighted by atomic mass is 32.2. The maximum Gasteiger partial charge on any atom is 0.119 e. The van der Waals surface area contributed by atoms with Crippen molar-refractivity contribution in [3.8, 4) is 0 Å². The Labute approximate surface area is 112 Å². The fraction of sp³-hybridized carbons (Fsp3) is 0.286. The molecular formula is C14H17N3S. The molecule has 1 heterocycles. The van der Waals surface area contributed by atoms with Crippen molar-refractivity contribution in [2.24, 2.45) is 5.73 Å². The molecule has 3 nitrogen and oxygen atoms in total. The summed E-state index contributed by atoms with van der Waals surface area (Å²) in [4.78, 5) is 9.73. The van der Waals surface area contributed by atoms with Crippen LogP contribution in [0.3, 0.4) is 0 Å². The van der Waals surface area contributed by atoms with Crippen LogP contribution in [0.2, 0.25) is 0 Å². The molecule has 0 unspecified atom stereocenters. The van der Waals surface area contributed by atoms with E-state index < -0.39 is 0 Å². The molecule has 94 valence electrons. The smallest absolute Gasteiger partial charge is 0.119 e. The molecule has 0 saturated heterocycles. The molecule has 2 aromatic rings. The summed E-state index contributed by atoms with van der Waals surface area (Å²) in [5.74, 6) is 0.563. The van der Waals surface area contributed by atoms with Crippen LogP contribution in [-0.2, 0) is 6.54 Å². The van der Waals surface area contributed by atoms with Gasteiger partial charge < -0.3 is 5.73 Å². The van der Waals surface area contributed by atoms with Crippen molar-refractivity contribution in [2.75, 3.05) is 0 Å². The van der Waals surface area contributed by atoms with Crippen LogP contribution < -0.4 is 5.73 Å². The molecule has 2 N–H and O–H groups in total. The first-order valence-electron chi connectivity index (χ1n) is 5.98. The molecule has 0 radical (unpaired) electrons. The predicted octanol–water partition coefficient (Wildman–Crippen LogP) is 3.21. The first-order valence-corrected chi connectivity index (χ1v) is 6.79. The highest BCUT2D eigenvalue weighted by molar-refractivity contribution is 7.99. The second-order valence-corrected chi connectivity index (χ2v) is 5.47. The molecule has 2 rings (SSSR count). The first-order chi connectivity index (χ1) is 8.69. The molecule has 0 bridgehead atoms. The summed E-state index contributed by atoms with van der Waals surface area (Å²) >= 11 is 1.61. The Morgan fingerprint density at radius 3 is 2.33 bits per heavy atom. The number of hydrogen-bond donors (Lipinski definition) is 1. The number of hydrogen-bond acceptors (Lipinski definition) is 4. The molecule has 18 heavy (non-hydrogen) atoms. The fourth-order valence-electron chi connectivity index (χ4n) is 1.54. The third kappa shape index (κ3) is 3.31. The van der Waals surface area contributed by atoms with E-state index in [0.717, 1.165) is 10.7 Å². The quantitative estimate of drug-likeness (QED) is 0.916. The minimum absolute atomic E-state index is 0.432. The van der Waals surface area contributed by atoms with Crippen LogP contribution in [0, 0.1) is 0 Å². The average Bonchev–Trinajstić information content (AvgIpc) is 2.40. The Kier molecular flexibility index (Phi) is 4.33. The molecule has 0 aliphatic carbocycles. The molecule has 0 fully saturated rings. The monoisotopic (exact) mass is 259 g/mol. The molecule has 0 aliphatic heterocycles. The van der Waals surface area contributed by atoms with Crippen molar-refractivity contribution in [1.82, 2.24) is 9.97 Å². The van der Waals surface area contributed by atoms with Crippen LogP contribution in [-0.4, -0.2) is 9.97 Å². The topological polar surface area (TPSA) is 51.8 Å². The lowest BCUT2D eigenvalue weighted by Gasteiger charge is -2.06. The molecule has 0 atom stereocenters. The maximum atomic E-state index is 5.49. The summed E-state index contributed by atoms with van der Waals surface area (Å²) in [6.07, 6.45) is 3.49. The van der Waals surface area contributed by atoms with Crippen LogP contribution in [0.5, 0.6) is 0 Å². The number of nitrogens with two attached hydrogens (primary N) is 1. The van der Waals surface area contributed by atoms with Gasteiger partial charge in [0.2, 0.25) is 0 Å². The van der Waals surface area contributed by atoms with E-state index in [4.69, 9.17) is 5.73 Å². The lowest BCUT2D eigenvalue weighted by atomic mass is 10.0. The normalized spacial score (nSPS) is 10.9.